The second kappa shape index (κ2) is 10.2. The molecule has 9 heteroatoms. The molecule has 1 aromatic heterocycles. The minimum absolute atomic E-state index is 0.0983. The highest BCUT2D eigenvalue weighted by Crippen LogP contribution is 2.14. The van der Waals surface area contributed by atoms with Gasteiger partial charge in [-0.25, -0.2) is 9.78 Å². The van der Waals surface area contributed by atoms with E-state index in [-0.39, 0.29) is 24.4 Å². The van der Waals surface area contributed by atoms with Gasteiger partial charge >= 0.3 is 6.03 Å². The summed E-state index contributed by atoms with van der Waals surface area (Å²) in [5, 5.41) is 7.97. The Balaban J connectivity index is 2.60. The van der Waals surface area contributed by atoms with Crippen LogP contribution in [0.25, 0.3) is 0 Å². The van der Waals surface area contributed by atoms with Crippen molar-refractivity contribution in [3.63, 3.8) is 0 Å². The van der Waals surface area contributed by atoms with Gasteiger partial charge in [-0.3, -0.25) is 9.59 Å². The summed E-state index contributed by atoms with van der Waals surface area (Å²) in [4.78, 5) is 42.9. The maximum Gasteiger partial charge on any atom is 0.314 e. The van der Waals surface area contributed by atoms with E-state index in [1.165, 1.54) is 11.9 Å². The lowest BCUT2D eigenvalue weighted by molar-refractivity contribution is -0.128. The van der Waals surface area contributed by atoms with Crippen molar-refractivity contribution in [3.8, 4) is 0 Å². The zero-order chi connectivity index (χ0) is 19.7. The quantitative estimate of drug-likeness (QED) is 0.618. The molecule has 1 rings (SSSR count). The topological polar surface area (TPSA) is 107 Å². The van der Waals surface area contributed by atoms with Gasteiger partial charge in [-0.2, -0.15) is 0 Å². The maximum absolute atomic E-state index is 12.7. The molecule has 9 nitrogen and oxygen atoms in total. The highest BCUT2D eigenvalue weighted by Gasteiger charge is 2.18. The third-order valence-corrected chi connectivity index (χ3v) is 3.63. The number of carbonyl (C=O) groups excluding carboxylic acids is 3. The average molecular weight is 364 g/mol. The van der Waals surface area contributed by atoms with Gasteiger partial charge in [0.25, 0.3) is 5.91 Å². The van der Waals surface area contributed by atoms with Gasteiger partial charge in [0.1, 0.15) is 5.82 Å². The second-order valence-electron chi connectivity index (χ2n) is 6.17. The smallest absolute Gasteiger partial charge is 0.314 e. The summed E-state index contributed by atoms with van der Waals surface area (Å²) in [7, 11) is 4.78. The van der Waals surface area contributed by atoms with Crippen LogP contribution in [0.1, 0.15) is 24.2 Å². The fourth-order valence-electron chi connectivity index (χ4n) is 2.08. The monoisotopic (exact) mass is 364 g/mol. The molecule has 0 saturated carbocycles. The summed E-state index contributed by atoms with van der Waals surface area (Å²) in [6, 6.07) is 3.17. The van der Waals surface area contributed by atoms with Gasteiger partial charge in [0.15, 0.2) is 0 Å². The molecule has 0 saturated heterocycles. The van der Waals surface area contributed by atoms with E-state index in [0.717, 1.165) is 0 Å². The fourth-order valence-corrected chi connectivity index (χ4v) is 2.08. The summed E-state index contributed by atoms with van der Waals surface area (Å²) in [5.74, 6) is 0.127. The molecule has 0 atom stereocenters. The van der Waals surface area contributed by atoms with Gasteiger partial charge in [-0.1, -0.05) is 0 Å². The number of nitrogens with one attached hydrogen (secondary N) is 3. The van der Waals surface area contributed by atoms with Crippen molar-refractivity contribution in [2.24, 2.45) is 0 Å². The van der Waals surface area contributed by atoms with Crippen molar-refractivity contribution in [1.29, 1.82) is 0 Å². The molecule has 0 unspecified atom stereocenters. The predicted molar refractivity (Wildman–Crippen MR) is 100 cm³/mol. The number of pyridine rings is 1. The van der Waals surface area contributed by atoms with Crippen molar-refractivity contribution in [2.75, 3.05) is 46.1 Å². The number of hydrogen-bond donors (Lipinski definition) is 3. The lowest BCUT2D eigenvalue weighted by Crippen LogP contribution is -2.44. The summed E-state index contributed by atoms with van der Waals surface area (Å²) in [6.07, 6.45) is 1.63. The molecule has 0 fully saturated rings. The van der Waals surface area contributed by atoms with Gasteiger partial charge in [0.05, 0.1) is 12.1 Å². The van der Waals surface area contributed by atoms with Crippen molar-refractivity contribution in [1.82, 2.24) is 25.4 Å². The van der Waals surface area contributed by atoms with E-state index in [2.05, 4.69) is 20.9 Å². The van der Waals surface area contributed by atoms with Crippen LogP contribution in [0.5, 0.6) is 0 Å². The number of likely N-dealkylation sites (N-methyl/N-ethyl adjacent to an activating group) is 2. The van der Waals surface area contributed by atoms with Gasteiger partial charge in [-0.05, 0) is 26.0 Å². The number of nitrogens with zero attached hydrogens (tertiary/aromatic N) is 3. The Bertz CT molecular complexity index is 635. The first-order chi connectivity index (χ1) is 12.3. The standard InChI is InChI=1S/C17H28N6O3/c1-12(2)21-15-13(7-6-8-19-15)16(25)23(5)10-9-22(4)14(24)11-20-17(26)18-3/h6-8,12H,9-11H2,1-5H3,(H,19,21)(H2,18,20,26). The van der Waals surface area contributed by atoms with Crippen LogP contribution in [0.15, 0.2) is 18.3 Å². The Labute approximate surface area is 154 Å². The number of rotatable bonds is 8. The highest BCUT2D eigenvalue weighted by molar-refractivity contribution is 5.98. The lowest BCUT2D eigenvalue weighted by atomic mass is 10.2. The zero-order valence-electron chi connectivity index (χ0n) is 16.0. The van der Waals surface area contributed by atoms with Gasteiger partial charge < -0.3 is 25.8 Å². The molecule has 0 bridgehead atoms. The highest BCUT2D eigenvalue weighted by atomic mass is 16.2. The Morgan fingerprint density at radius 1 is 1.15 bits per heavy atom. The predicted octanol–water partition coefficient (Wildman–Crippen LogP) is 0.361. The van der Waals surface area contributed by atoms with E-state index in [0.29, 0.717) is 24.5 Å². The zero-order valence-corrected chi connectivity index (χ0v) is 16.0. The van der Waals surface area contributed by atoms with Crippen LogP contribution in [0.2, 0.25) is 0 Å². The number of anilines is 1. The Hall–Kier alpha value is -2.84. The fraction of sp³-hybridized carbons (Fsp3) is 0.529. The molecule has 0 aliphatic rings. The number of aromatic nitrogens is 1. The second-order valence-corrected chi connectivity index (χ2v) is 6.17. The first-order valence-electron chi connectivity index (χ1n) is 8.42. The molecule has 144 valence electrons. The third-order valence-electron chi connectivity index (χ3n) is 3.63. The van der Waals surface area contributed by atoms with Crippen molar-refractivity contribution < 1.29 is 14.4 Å². The lowest BCUT2D eigenvalue weighted by Gasteiger charge is -2.23. The Kier molecular flexibility index (Phi) is 8.33. The summed E-state index contributed by atoms with van der Waals surface area (Å²) < 4.78 is 0. The number of hydrogen-bond acceptors (Lipinski definition) is 5. The van der Waals surface area contributed by atoms with E-state index < -0.39 is 6.03 Å². The first-order valence-corrected chi connectivity index (χ1v) is 8.42. The summed E-state index contributed by atoms with van der Waals surface area (Å²) in [6.45, 7) is 4.56. The van der Waals surface area contributed by atoms with Crippen LogP contribution in [0.3, 0.4) is 0 Å². The van der Waals surface area contributed by atoms with E-state index in [1.54, 1.807) is 37.3 Å². The average Bonchev–Trinajstić information content (AvgIpc) is 2.62. The molecule has 0 spiro atoms. The molecule has 3 N–H and O–H groups in total. The number of urea groups is 1. The maximum atomic E-state index is 12.7. The van der Waals surface area contributed by atoms with Crippen LogP contribution < -0.4 is 16.0 Å². The van der Waals surface area contributed by atoms with Crippen LogP contribution in [-0.4, -0.2) is 79.4 Å². The van der Waals surface area contributed by atoms with E-state index in [4.69, 9.17) is 0 Å². The van der Waals surface area contributed by atoms with Crippen molar-refractivity contribution in [2.45, 2.75) is 19.9 Å². The normalized spacial score (nSPS) is 10.2. The van der Waals surface area contributed by atoms with Gasteiger partial charge in [-0.15, -0.1) is 0 Å². The van der Waals surface area contributed by atoms with E-state index in [1.807, 2.05) is 13.8 Å². The first kappa shape index (κ1) is 21.2. The van der Waals surface area contributed by atoms with Crippen molar-refractivity contribution >= 4 is 23.7 Å². The molecule has 0 aromatic carbocycles. The number of amides is 4. The summed E-state index contributed by atoms with van der Waals surface area (Å²) in [5.41, 5.74) is 0.485. The Morgan fingerprint density at radius 3 is 2.42 bits per heavy atom. The number of carbonyl (C=O) groups is 3. The molecule has 26 heavy (non-hydrogen) atoms. The van der Waals surface area contributed by atoms with Gasteiger partial charge in [0.2, 0.25) is 5.91 Å². The largest absolute Gasteiger partial charge is 0.367 e. The van der Waals surface area contributed by atoms with Crippen LogP contribution in [-0.2, 0) is 4.79 Å². The van der Waals surface area contributed by atoms with Crippen LogP contribution in [0, 0.1) is 0 Å². The summed E-state index contributed by atoms with van der Waals surface area (Å²) >= 11 is 0. The van der Waals surface area contributed by atoms with Gasteiger partial charge in [0, 0.05) is 46.5 Å². The minimum Gasteiger partial charge on any atom is -0.367 e. The molecular weight excluding hydrogens is 336 g/mol. The minimum atomic E-state index is -0.416. The third kappa shape index (κ3) is 6.58. The molecule has 4 amide bonds. The van der Waals surface area contributed by atoms with E-state index >= 15 is 0 Å². The molecule has 0 aliphatic carbocycles. The Morgan fingerprint density at radius 2 is 1.81 bits per heavy atom. The molecule has 1 heterocycles. The van der Waals surface area contributed by atoms with Crippen molar-refractivity contribution in [3.05, 3.63) is 23.9 Å². The van der Waals surface area contributed by atoms with E-state index in [9.17, 15) is 14.4 Å². The molecule has 0 radical (unpaired) electrons. The van der Waals surface area contributed by atoms with Crippen LogP contribution >= 0.6 is 0 Å². The molecular formula is C17H28N6O3. The molecule has 1 aromatic rings. The SMILES string of the molecule is CNC(=O)NCC(=O)N(C)CCN(C)C(=O)c1cccnc1NC(C)C. The van der Waals surface area contributed by atoms with Crippen LogP contribution in [0.4, 0.5) is 10.6 Å². The molecule has 0 aliphatic heterocycles.